The first-order chi connectivity index (χ1) is 12.8. The third-order valence-electron chi connectivity index (χ3n) is 4.33. The van der Waals surface area contributed by atoms with Crippen LogP contribution in [-0.2, 0) is 14.3 Å². The lowest BCUT2D eigenvalue weighted by atomic mass is 10.1. The summed E-state index contributed by atoms with van der Waals surface area (Å²) in [5.41, 5.74) is 3.31. The quantitative estimate of drug-likeness (QED) is 0.403. The summed E-state index contributed by atoms with van der Waals surface area (Å²) in [6.07, 6.45) is 1.65. The Bertz CT molecular complexity index is 991. The smallest absolute Gasteiger partial charge is 0.343 e. The molecule has 138 valence electrons. The number of carbonyl (C=O) groups excluding carboxylic acids is 2. The van der Waals surface area contributed by atoms with E-state index in [1.54, 1.807) is 36.1 Å². The predicted octanol–water partition coefficient (Wildman–Crippen LogP) is 5.18. The van der Waals surface area contributed by atoms with Gasteiger partial charge in [0.25, 0.3) is 0 Å². The van der Waals surface area contributed by atoms with Crippen molar-refractivity contribution in [3.05, 3.63) is 80.6 Å². The van der Waals surface area contributed by atoms with Gasteiger partial charge < -0.3 is 9.64 Å². The molecule has 0 saturated heterocycles. The topological polar surface area (TPSA) is 46.6 Å². The minimum Gasteiger partial charge on any atom is -0.465 e. The lowest BCUT2D eigenvalue weighted by Crippen LogP contribution is -2.18. The zero-order valence-corrected chi connectivity index (χ0v) is 16.6. The van der Waals surface area contributed by atoms with Gasteiger partial charge in [-0.3, -0.25) is 4.79 Å². The van der Waals surface area contributed by atoms with E-state index >= 15 is 0 Å². The van der Waals surface area contributed by atoms with Crippen LogP contribution in [0.15, 0.2) is 59.4 Å². The SMILES string of the molecule is COC(=O)C1=C(C)N(c2ccc(C)cc2)/C(=C/c2ccc(Cl)cc2Cl)C1=O. The van der Waals surface area contributed by atoms with Gasteiger partial charge in [0.1, 0.15) is 5.57 Å². The molecule has 0 radical (unpaired) electrons. The van der Waals surface area contributed by atoms with Gasteiger partial charge in [-0.2, -0.15) is 0 Å². The van der Waals surface area contributed by atoms with Crippen LogP contribution in [-0.4, -0.2) is 18.9 Å². The van der Waals surface area contributed by atoms with Crippen LogP contribution in [0.3, 0.4) is 0 Å². The number of ketones is 1. The summed E-state index contributed by atoms with van der Waals surface area (Å²) >= 11 is 12.2. The molecule has 0 fully saturated rings. The molecule has 0 aliphatic carbocycles. The molecule has 0 aromatic heterocycles. The van der Waals surface area contributed by atoms with E-state index in [0.29, 0.717) is 27.0 Å². The number of hydrogen-bond acceptors (Lipinski definition) is 4. The largest absolute Gasteiger partial charge is 0.465 e. The first-order valence-corrected chi connectivity index (χ1v) is 8.96. The minimum absolute atomic E-state index is 0.00871. The third-order valence-corrected chi connectivity index (χ3v) is 4.90. The molecule has 0 N–H and O–H groups in total. The van der Waals surface area contributed by atoms with E-state index in [1.807, 2.05) is 31.2 Å². The Balaban J connectivity index is 2.18. The summed E-state index contributed by atoms with van der Waals surface area (Å²) < 4.78 is 4.80. The van der Waals surface area contributed by atoms with Crippen molar-refractivity contribution in [3.63, 3.8) is 0 Å². The van der Waals surface area contributed by atoms with E-state index in [-0.39, 0.29) is 5.57 Å². The Morgan fingerprint density at radius 2 is 1.74 bits per heavy atom. The van der Waals surface area contributed by atoms with Gasteiger partial charge >= 0.3 is 5.97 Å². The van der Waals surface area contributed by atoms with Crippen LogP contribution in [0, 0.1) is 6.92 Å². The zero-order valence-electron chi connectivity index (χ0n) is 15.0. The normalized spacial score (nSPS) is 15.7. The van der Waals surface area contributed by atoms with Gasteiger partial charge in [0, 0.05) is 21.4 Å². The molecule has 1 aliphatic rings. The van der Waals surface area contributed by atoms with Crippen molar-refractivity contribution in [2.24, 2.45) is 0 Å². The van der Waals surface area contributed by atoms with Crippen LogP contribution in [0.25, 0.3) is 6.08 Å². The van der Waals surface area contributed by atoms with E-state index in [2.05, 4.69) is 0 Å². The second kappa shape index (κ2) is 7.59. The number of halogens is 2. The number of ether oxygens (including phenoxy) is 1. The fourth-order valence-corrected chi connectivity index (χ4v) is 3.41. The molecule has 0 amide bonds. The van der Waals surface area contributed by atoms with Gasteiger partial charge in [0.15, 0.2) is 0 Å². The van der Waals surface area contributed by atoms with Gasteiger partial charge in [0.05, 0.1) is 12.8 Å². The van der Waals surface area contributed by atoms with E-state index in [9.17, 15) is 9.59 Å². The number of benzene rings is 2. The molecule has 3 rings (SSSR count). The van der Waals surface area contributed by atoms with Crippen molar-refractivity contribution in [1.29, 1.82) is 0 Å². The standard InChI is InChI=1S/C21H17Cl2NO3/c1-12-4-8-16(9-5-12)24-13(2)19(21(26)27-3)20(25)18(24)10-14-6-7-15(22)11-17(14)23/h4-11H,1-3H3/b18-10+. The van der Waals surface area contributed by atoms with Gasteiger partial charge in [-0.1, -0.05) is 47.0 Å². The molecule has 27 heavy (non-hydrogen) atoms. The Kier molecular flexibility index (Phi) is 5.40. The van der Waals surface area contributed by atoms with Gasteiger partial charge in [0.2, 0.25) is 5.78 Å². The zero-order chi connectivity index (χ0) is 19.7. The van der Waals surface area contributed by atoms with Crippen LogP contribution in [0.5, 0.6) is 0 Å². The van der Waals surface area contributed by atoms with Gasteiger partial charge in [-0.15, -0.1) is 0 Å². The summed E-state index contributed by atoms with van der Waals surface area (Å²) in [5, 5.41) is 0.913. The van der Waals surface area contributed by atoms with E-state index in [0.717, 1.165) is 11.3 Å². The molecule has 2 aromatic rings. The highest BCUT2D eigenvalue weighted by atomic mass is 35.5. The molecule has 1 heterocycles. The number of hydrogen-bond donors (Lipinski definition) is 0. The van der Waals surface area contributed by atoms with Crippen molar-refractivity contribution in [2.45, 2.75) is 13.8 Å². The van der Waals surface area contributed by atoms with Gasteiger partial charge in [-0.05, 0) is 49.8 Å². The molecular formula is C21H17Cl2NO3. The number of aryl methyl sites for hydroxylation is 1. The monoisotopic (exact) mass is 401 g/mol. The maximum Gasteiger partial charge on any atom is 0.343 e. The average molecular weight is 402 g/mol. The van der Waals surface area contributed by atoms with Crippen LogP contribution in [0.2, 0.25) is 10.0 Å². The number of rotatable bonds is 3. The third kappa shape index (κ3) is 3.64. The molecule has 0 saturated carbocycles. The summed E-state index contributed by atoms with van der Waals surface area (Å²) in [5.74, 6) is -1.08. The molecule has 2 aromatic carbocycles. The summed E-state index contributed by atoms with van der Waals surface area (Å²) in [7, 11) is 1.25. The number of anilines is 1. The van der Waals surface area contributed by atoms with Crippen LogP contribution < -0.4 is 4.90 Å². The number of carbonyl (C=O) groups is 2. The summed E-state index contributed by atoms with van der Waals surface area (Å²) in [6.45, 7) is 3.69. The second-order valence-corrected chi connectivity index (χ2v) is 6.99. The fraction of sp³-hybridized carbons (Fsp3) is 0.143. The number of allylic oxidation sites excluding steroid dienone is 2. The molecule has 0 unspecified atom stereocenters. The number of Topliss-reactive ketones (excluding diaryl/α,β-unsaturated/α-hetero) is 1. The molecule has 6 heteroatoms. The number of methoxy groups -OCH3 is 1. The highest BCUT2D eigenvalue weighted by molar-refractivity contribution is 6.36. The van der Waals surface area contributed by atoms with E-state index in [1.165, 1.54) is 7.11 Å². The Morgan fingerprint density at radius 3 is 2.33 bits per heavy atom. The van der Waals surface area contributed by atoms with E-state index < -0.39 is 11.8 Å². The highest BCUT2D eigenvalue weighted by Crippen LogP contribution is 2.36. The molecule has 4 nitrogen and oxygen atoms in total. The first kappa shape index (κ1) is 19.2. The summed E-state index contributed by atoms with van der Waals surface area (Å²) in [6, 6.07) is 12.7. The van der Waals surface area contributed by atoms with Gasteiger partial charge in [-0.25, -0.2) is 4.79 Å². The molecule has 0 bridgehead atoms. The second-order valence-electron chi connectivity index (χ2n) is 6.15. The van der Waals surface area contributed by atoms with Crippen molar-refractivity contribution < 1.29 is 14.3 Å². The Hall–Kier alpha value is -2.56. The average Bonchev–Trinajstić information content (AvgIpc) is 2.88. The lowest BCUT2D eigenvalue weighted by Gasteiger charge is -2.22. The minimum atomic E-state index is -0.666. The Labute approximate surface area is 167 Å². The molecule has 0 spiro atoms. The number of esters is 1. The number of nitrogens with zero attached hydrogens (tertiary/aromatic N) is 1. The first-order valence-electron chi connectivity index (χ1n) is 8.21. The summed E-state index contributed by atoms with van der Waals surface area (Å²) in [4.78, 5) is 26.9. The maximum atomic E-state index is 13.0. The molecule has 0 atom stereocenters. The highest BCUT2D eigenvalue weighted by Gasteiger charge is 2.38. The lowest BCUT2D eigenvalue weighted by molar-refractivity contribution is -0.137. The predicted molar refractivity (Wildman–Crippen MR) is 108 cm³/mol. The van der Waals surface area contributed by atoms with Crippen molar-refractivity contribution in [1.82, 2.24) is 0 Å². The Morgan fingerprint density at radius 1 is 1.07 bits per heavy atom. The fourth-order valence-electron chi connectivity index (χ4n) is 2.95. The molecule has 1 aliphatic heterocycles. The van der Waals surface area contributed by atoms with Crippen molar-refractivity contribution in [2.75, 3.05) is 12.0 Å². The van der Waals surface area contributed by atoms with E-state index in [4.69, 9.17) is 27.9 Å². The maximum absolute atomic E-state index is 13.0. The van der Waals surface area contributed by atoms with Crippen molar-refractivity contribution in [3.8, 4) is 0 Å². The van der Waals surface area contributed by atoms with Crippen LogP contribution >= 0.6 is 23.2 Å². The molecular weight excluding hydrogens is 385 g/mol. The van der Waals surface area contributed by atoms with Crippen molar-refractivity contribution >= 4 is 46.7 Å². The van der Waals surface area contributed by atoms with Crippen LogP contribution in [0.1, 0.15) is 18.1 Å². The van der Waals surface area contributed by atoms with Crippen LogP contribution in [0.4, 0.5) is 5.69 Å².